The van der Waals surface area contributed by atoms with E-state index in [1.165, 1.54) is 5.56 Å². The minimum absolute atomic E-state index is 0.484. The van der Waals surface area contributed by atoms with Crippen molar-refractivity contribution >= 4 is 0 Å². The highest BCUT2D eigenvalue weighted by atomic mass is 16.5. The molecule has 0 saturated carbocycles. The molecule has 1 heterocycles. The van der Waals surface area contributed by atoms with E-state index in [0.29, 0.717) is 12.5 Å². The summed E-state index contributed by atoms with van der Waals surface area (Å²) in [5.74, 6) is 1.49. The molecule has 0 aliphatic heterocycles. The SMILES string of the molecule is COCc1nc(C)c(CCCNCC(C)C)c(C)n1. The standard InChI is InChI=1S/C15H27N3O/c1-11(2)9-16-8-6-7-14-12(3)17-15(10-19-5)18-13(14)4/h11,16H,6-10H2,1-5H3. The third kappa shape index (κ3) is 5.66. The number of rotatable bonds is 8. The molecule has 0 fully saturated rings. The Morgan fingerprint density at radius 2 is 1.79 bits per heavy atom. The normalized spacial score (nSPS) is 11.3. The summed E-state index contributed by atoms with van der Waals surface area (Å²) in [6.45, 7) is 11.2. The molecule has 0 amide bonds. The van der Waals surface area contributed by atoms with Crippen molar-refractivity contribution < 1.29 is 4.74 Å². The van der Waals surface area contributed by atoms with Gasteiger partial charge in [-0.25, -0.2) is 9.97 Å². The second kappa shape index (κ2) is 8.23. The fourth-order valence-corrected chi connectivity index (χ4v) is 2.15. The molecule has 1 N–H and O–H groups in total. The lowest BCUT2D eigenvalue weighted by atomic mass is 10.1. The van der Waals surface area contributed by atoms with Crippen LogP contribution in [0.15, 0.2) is 0 Å². The van der Waals surface area contributed by atoms with Gasteiger partial charge in [-0.05, 0) is 51.3 Å². The molecule has 0 unspecified atom stereocenters. The van der Waals surface area contributed by atoms with E-state index in [2.05, 4.69) is 43.0 Å². The molecule has 0 saturated heterocycles. The Labute approximate surface area is 117 Å². The van der Waals surface area contributed by atoms with Crippen LogP contribution in [0.4, 0.5) is 0 Å². The Morgan fingerprint density at radius 3 is 2.32 bits per heavy atom. The number of nitrogens with one attached hydrogen (secondary N) is 1. The van der Waals surface area contributed by atoms with Gasteiger partial charge >= 0.3 is 0 Å². The van der Waals surface area contributed by atoms with Crippen LogP contribution in [0.2, 0.25) is 0 Å². The van der Waals surface area contributed by atoms with Crippen molar-refractivity contribution in [2.45, 2.75) is 47.1 Å². The molecule has 0 aliphatic carbocycles. The van der Waals surface area contributed by atoms with Gasteiger partial charge in [-0.3, -0.25) is 0 Å². The molecule has 1 rings (SSSR count). The summed E-state index contributed by atoms with van der Waals surface area (Å²) in [5.41, 5.74) is 3.46. The van der Waals surface area contributed by atoms with Gasteiger partial charge in [-0.2, -0.15) is 0 Å². The molecule has 4 nitrogen and oxygen atoms in total. The number of hydrogen-bond acceptors (Lipinski definition) is 4. The average molecular weight is 265 g/mol. The Hall–Kier alpha value is -1.00. The van der Waals surface area contributed by atoms with Gasteiger partial charge in [0.2, 0.25) is 0 Å². The topological polar surface area (TPSA) is 47.0 Å². The monoisotopic (exact) mass is 265 g/mol. The minimum Gasteiger partial charge on any atom is -0.377 e. The van der Waals surface area contributed by atoms with Crippen LogP contribution in [-0.2, 0) is 17.8 Å². The first kappa shape index (κ1) is 16.1. The molecule has 4 heteroatoms. The minimum atomic E-state index is 0.484. The molecule has 0 atom stereocenters. The largest absolute Gasteiger partial charge is 0.377 e. The van der Waals surface area contributed by atoms with E-state index < -0.39 is 0 Å². The lowest BCUT2D eigenvalue weighted by Gasteiger charge is -2.11. The fraction of sp³-hybridized carbons (Fsp3) is 0.733. The predicted octanol–water partition coefficient (Wildman–Crippen LogP) is 2.42. The summed E-state index contributed by atoms with van der Waals surface area (Å²) in [7, 11) is 1.67. The molecule has 0 aliphatic rings. The van der Waals surface area contributed by atoms with Crippen LogP contribution in [0.3, 0.4) is 0 Å². The van der Waals surface area contributed by atoms with Gasteiger partial charge in [0, 0.05) is 18.5 Å². The van der Waals surface area contributed by atoms with Crippen LogP contribution < -0.4 is 5.32 Å². The van der Waals surface area contributed by atoms with Crippen molar-refractivity contribution in [3.05, 3.63) is 22.8 Å². The van der Waals surface area contributed by atoms with Crippen LogP contribution in [0.5, 0.6) is 0 Å². The predicted molar refractivity (Wildman–Crippen MR) is 78.2 cm³/mol. The van der Waals surface area contributed by atoms with Crippen molar-refractivity contribution in [1.82, 2.24) is 15.3 Å². The molecule has 0 radical (unpaired) electrons. The Kier molecular flexibility index (Phi) is 6.95. The fourth-order valence-electron chi connectivity index (χ4n) is 2.15. The molecule has 1 aromatic heterocycles. The first-order chi connectivity index (χ1) is 9.04. The average Bonchev–Trinajstić information content (AvgIpc) is 2.31. The number of ether oxygens (including phenoxy) is 1. The summed E-state index contributed by atoms with van der Waals surface area (Å²) < 4.78 is 5.08. The lowest BCUT2D eigenvalue weighted by molar-refractivity contribution is 0.177. The molecule has 19 heavy (non-hydrogen) atoms. The van der Waals surface area contributed by atoms with Crippen molar-refractivity contribution in [3.8, 4) is 0 Å². The first-order valence-corrected chi connectivity index (χ1v) is 7.07. The number of methoxy groups -OCH3 is 1. The Bertz CT molecular complexity index is 368. The maximum absolute atomic E-state index is 5.08. The van der Waals surface area contributed by atoms with Gasteiger partial charge in [0.25, 0.3) is 0 Å². The van der Waals surface area contributed by atoms with E-state index in [4.69, 9.17) is 4.74 Å². The second-order valence-electron chi connectivity index (χ2n) is 5.42. The number of aromatic nitrogens is 2. The van der Waals surface area contributed by atoms with Crippen molar-refractivity contribution in [2.75, 3.05) is 20.2 Å². The Balaban J connectivity index is 2.49. The van der Waals surface area contributed by atoms with Crippen molar-refractivity contribution in [1.29, 1.82) is 0 Å². The third-order valence-electron chi connectivity index (χ3n) is 3.07. The smallest absolute Gasteiger partial charge is 0.154 e. The number of hydrogen-bond donors (Lipinski definition) is 1. The molecular formula is C15H27N3O. The molecular weight excluding hydrogens is 238 g/mol. The maximum atomic E-state index is 5.08. The van der Waals surface area contributed by atoms with Gasteiger partial charge in [0.05, 0.1) is 0 Å². The second-order valence-corrected chi connectivity index (χ2v) is 5.42. The van der Waals surface area contributed by atoms with Gasteiger partial charge in [0.1, 0.15) is 6.61 Å². The highest BCUT2D eigenvalue weighted by Crippen LogP contribution is 2.12. The van der Waals surface area contributed by atoms with Crippen LogP contribution in [0.25, 0.3) is 0 Å². The highest BCUT2D eigenvalue weighted by molar-refractivity contribution is 5.24. The van der Waals surface area contributed by atoms with Gasteiger partial charge in [-0.1, -0.05) is 13.8 Å². The van der Waals surface area contributed by atoms with E-state index in [9.17, 15) is 0 Å². The zero-order chi connectivity index (χ0) is 14.3. The zero-order valence-corrected chi connectivity index (χ0v) is 12.9. The van der Waals surface area contributed by atoms with E-state index in [1.807, 2.05) is 0 Å². The quantitative estimate of drug-likeness (QED) is 0.733. The first-order valence-electron chi connectivity index (χ1n) is 7.07. The van der Waals surface area contributed by atoms with Crippen LogP contribution in [0, 0.1) is 19.8 Å². The maximum Gasteiger partial charge on any atom is 0.154 e. The van der Waals surface area contributed by atoms with E-state index >= 15 is 0 Å². The molecule has 0 spiro atoms. The highest BCUT2D eigenvalue weighted by Gasteiger charge is 2.08. The van der Waals surface area contributed by atoms with E-state index in [0.717, 1.165) is 43.1 Å². The molecule has 0 bridgehead atoms. The molecule has 0 aromatic carbocycles. The van der Waals surface area contributed by atoms with Gasteiger partial charge in [0.15, 0.2) is 5.82 Å². The Morgan fingerprint density at radius 1 is 1.16 bits per heavy atom. The van der Waals surface area contributed by atoms with Crippen LogP contribution >= 0.6 is 0 Å². The summed E-state index contributed by atoms with van der Waals surface area (Å²) >= 11 is 0. The van der Waals surface area contributed by atoms with E-state index in [-0.39, 0.29) is 0 Å². The molecule has 108 valence electrons. The third-order valence-corrected chi connectivity index (χ3v) is 3.07. The molecule has 1 aromatic rings. The summed E-state index contributed by atoms with van der Waals surface area (Å²) in [6.07, 6.45) is 2.16. The summed E-state index contributed by atoms with van der Waals surface area (Å²) in [5, 5.41) is 3.46. The lowest BCUT2D eigenvalue weighted by Crippen LogP contribution is -2.21. The van der Waals surface area contributed by atoms with Crippen molar-refractivity contribution in [3.63, 3.8) is 0 Å². The van der Waals surface area contributed by atoms with Crippen molar-refractivity contribution in [2.24, 2.45) is 5.92 Å². The summed E-state index contributed by atoms with van der Waals surface area (Å²) in [6, 6.07) is 0. The zero-order valence-electron chi connectivity index (χ0n) is 12.9. The number of aryl methyl sites for hydroxylation is 2. The number of nitrogens with zero attached hydrogens (tertiary/aromatic N) is 2. The summed E-state index contributed by atoms with van der Waals surface area (Å²) in [4.78, 5) is 8.99. The van der Waals surface area contributed by atoms with Gasteiger partial charge in [-0.15, -0.1) is 0 Å². The van der Waals surface area contributed by atoms with Gasteiger partial charge < -0.3 is 10.1 Å². The van der Waals surface area contributed by atoms with E-state index in [1.54, 1.807) is 7.11 Å². The van der Waals surface area contributed by atoms with Crippen LogP contribution in [-0.4, -0.2) is 30.2 Å². The van der Waals surface area contributed by atoms with Crippen LogP contribution in [0.1, 0.15) is 43.0 Å².